The summed E-state index contributed by atoms with van der Waals surface area (Å²) in [5.74, 6) is 0. The maximum atomic E-state index is 5.63. The number of nitrogens with zero attached hydrogens (tertiary/aromatic N) is 2. The smallest absolute Gasteiger partial charge is 0.186 e. The van der Waals surface area contributed by atoms with Crippen molar-refractivity contribution in [2.24, 2.45) is 0 Å². The van der Waals surface area contributed by atoms with E-state index >= 15 is 0 Å². The Balaban J connectivity index is 1.63. The molecular formula is C29H26N2O2. The molecule has 0 saturated carbocycles. The Labute approximate surface area is 194 Å². The average molecular weight is 435 g/mol. The Morgan fingerprint density at radius 3 is 2.24 bits per heavy atom. The van der Waals surface area contributed by atoms with E-state index in [1.807, 2.05) is 23.0 Å². The van der Waals surface area contributed by atoms with E-state index in [2.05, 4.69) is 84.9 Å². The standard InChI is InChI=1S/C29H26N2O2/c1-32-29(33-2)26-20-31(27-15-9-8-14-24(27)18-21-10-4-3-5-11-21)30-28(26)25-17-16-22-12-6-7-13-23(22)19-25/h3-17,19-20,29H,18H2,1-2H3. The Morgan fingerprint density at radius 2 is 1.45 bits per heavy atom. The molecule has 0 aliphatic carbocycles. The van der Waals surface area contributed by atoms with Crippen molar-refractivity contribution >= 4 is 10.8 Å². The number of hydrogen-bond donors (Lipinski definition) is 0. The van der Waals surface area contributed by atoms with Crippen molar-refractivity contribution < 1.29 is 9.47 Å². The summed E-state index contributed by atoms with van der Waals surface area (Å²) in [6.45, 7) is 0. The van der Waals surface area contributed by atoms with E-state index in [-0.39, 0.29) is 0 Å². The first-order valence-electron chi connectivity index (χ1n) is 11.0. The zero-order valence-corrected chi connectivity index (χ0v) is 18.8. The van der Waals surface area contributed by atoms with Gasteiger partial charge >= 0.3 is 0 Å². The number of para-hydroxylation sites is 1. The molecule has 1 heterocycles. The van der Waals surface area contributed by atoms with Crippen LogP contribution in [0.3, 0.4) is 0 Å². The highest BCUT2D eigenvalue weighted by Crippen LogP contribution is 2.33. The van der Waals surface area contributed by atoms with Crippen LogP contribution in [0.2, 0.25) is 0 Å². The number of methoxy groups -OCH3 is 2. The largest absolute Gasteiger partial charge is 0.352 e. The van der Waals surface area contributed by atoms with Gasteiger partial charge in [-0.1, -0.05) is 84.9 Å². The van der Waals surface area contributed by atoms with Crippen molar-refractivity contribution in [3.8, 4) is 16.9 Å². The Bertz CT molecular complexity index is 1370. The Morgan fingerprint density at radius 1 is 0.758 bits per heavy atom. The maximum Gasteiger partial charge on any atom is 0.186 e. The number of ether oxygens (including phenoxy) is 2. The fraction of sp³-hybridized carbons (Fsp3) is 0.138. The number of aromatic nitrogens is 2. The minimum absolute atomic E-state index is 0.512. The fourth-order valence-corrected chi connectivity index (χ4v) is 4.29. The van der Waals surface area contributed by atoms with Gasteiger partial charge in [0.05, 0.1) is 11.3 Å². The molecule has 0 aliphatic rings. The number of benzene rings is 4. The van der Waals surface area contributed by atoms with Gasteiger partial charge in [-0.15, -0.1) is 0 Å². The van der Waals surface area contributed by atoms with Crippen molar-refractivity contribution in [1.82, 2.24) is 9.78 Å². The molecule has 0 radical (unpaired) electrons. The molecule has 33 heavy (non-hydrogen) atoms. The van der Waals surface area contributed by atoms with E-state index < -0.39 is 6.29 Å². The molecule has 0 unspecified atom stereocenters. The normalized spacial score (nSPS) is 11.4. The molecule has 0 atom stereocenters. The topological polar surface area (TPSA) is 36.3 Å². The lowest BCUT2D eigenvalue weighted by molar-refractivity contribution is -0.105. The Kier molecular flexibility index (Phi) is 6.03. The van der Waals surface area contributed by atoms with Gasteiger partial charge in [-0.25, -0.2) is 4.68 Å². The summed E-state index contributed by atoms with van der Waals surface area (Å²) in [5, 5.41) is 7.41. The molecular weight excluding hydrogens is 408 g/mol. The van der Waals surface area contributed by atoms with Gasteiger partial charge in [0.2, 0.25) is 0 Å². The van der Waals surface area contributed by atoms with E-state index in [1.165, 1.54) is 21.9 Å². The highest BCUT2D eigenvalue weighted by atomic mass is 16.7. The van der Waals surface area contributed by atoms with Gasteiger partial charge in [0.1, 0.15) is 5.69 Å². The quantitative estimate of drug-likeness (QED) is 0.272. The molecule has 0 bridgehead atoms. The summed E-state index contributed by atoms with van der Waals surface area (Å²) in [6.07, 6.45) is 2.34. The molecule has 0 N–H and O–H groups in total. The zero-order chi connectivity index (χ0) is 22.6. The van der Waals surface area contributed by atoms with Crippen LogP contribution < -0.4 is 0 Å². The van der Waals surface area contributed by atoms with Crippen LogP contribution in [0.25, 0.3) is 27.7 Å². The second-order valence-corrected chi connectivity index (χ2v) is 8.03. The summed E-state index contributed by atoms with van der Waals surface area (Å²) < 4.78 is 13.2. The van der Waals surface area contributed by atoms with Crippen molar-refractivity contribution in [3.63, 3.8) is 0 Å². The van der Waals surface area contributed by atoms with Crippen molar-refractivity contribution in [3.05, 3.63) is 120 Å². The second-order valence-electron chi connectivity index (χ2n) is 8.03. The first kappa shape index (κ1) is 21.1. The van der Waals surface area contributed by atoms with Crippen molar-refractivity contribution in [2.75, 3.05) is 14.2 Å². The maximum absolute atomic E-state index is 5.63. The molecule has 5 rings (SSSR count). The molecule has 4 aromatic carbocycles. The number of rotatable bonds is 7. The third-order valence-electron chi connectivity index (χ3n) is 5.92. The zero-order valence-electron chi connectivity index (χ0n) is 18.8. The monoisotopic (exact) mass is 434 g/mol. The van der Waals surface area contributed by atoms with Crippen LogP contribution in [0, 0.1) is 0 Å². The van der Waals surface area contributed by atoms with Gasteiger partial charge in [0.25, 0.3) is 0 Å². The van der Waals surface area contributed by atoms with E-state index in [0.717, 1.165) is 28.9 Å². The molecule has 0 aliphatic heterocycles. The first-order chi connectivity index (χ1) is 16.3. The molecule has 164 valence electrons. The first-order valence-corrected chi connectivity index (χ1v) is 11.0. The van der Waals surface area contributed by atoms with E-state index in [0.29, 0.717) is 0 Å². The minimum atomic E-state index is -0.512. The van der Waals surface area contributed by atoms with Crippen LogP contribution in [0.5, 0.6) is 0 Å². The molecule has 0 fully saturated rings. The lowest BCUT2D eigenvalue weighted by Crippen LogP contribution is -2.04. The molecule has 1 aromatic heterocycles. The highest BCUT2D eigenvalue weighted by molar-refractivity contribution is 5.87. The van der Waals surface area contributed by atoms with Gasteiger partial charge < -0.3 is 9.47 Å². The van der Waals surface area contributed by atoms with Gasteiger partial charge in [-0.2, -0.15) is 5.10 Å². The van der Waals surface area contributed by atoms with Crippen LogP contribution in [0.4, 0.5) is 0 Å². The van der Waals surface area contributed by atoms with Crippen LogP contribution in [-0.2, 0) is 15.9 Å². The minimum Gasteiger partial charge on any atom is -0.352 e. The molecule has 0 spiro atoms. The number of hydrogen-bond acceptors (Lipinski definition) is 3. The average Bonchev–Trinajstić information content (AvgIpc) is 3.30. The lowest BCUT2D eigenvalue weighted by Gasteiger charge is -2.13. The predicted molar refractivity (Wildman–Crippen MR) is 133 cm³/mol. The van der Waals surface area contributed by atoms with Crippen molar-refractivity contribution in [1.29, 1.82) is 0 Å². The fourth-order valence-electron chi connectivity index (χ4n) is 4.29. The van der Waals surface area contributed by atoms with E-state index in [4.69, 9.17) is 14.6 Å². The second kappa shape index (κ2) is 9.41. The van der Waals surface area contributed by atoms with Gasteiger partial charge in [0.15, 0.2) is 6.29 Å². The summed E-state index contributed by atoms with van der Waals surface area (Å²) in [4.78, 5) is 0. The summed E-state index contributed by atoms with van der Waals surface area (Å²) >= 11 is 0. The van der Waals surface area contributed by atoms with Crippen LogP contribution in [0.15, 0.2) is 103 Å². The van der Waals surface area contributed by atoms with E-state index in [9.17, 15) is 0 Å². The van der Waals surface area contributed by atoms with E-state index in [1.54, 1.807) is 14.2 Å². The number of fused-ring (bicyclic) bond motifs is 1. The predicted octanol–water partition coefficient (Wildman–Crippen LogP) is 6.57. The highest BCUT2D eigenvalue weighted by Gasteiger charge is 2.21. The summed E-state index contributed by atoms with van der Waals surface area (Å²) in [5.41, 5.74) is 6.28. The van der Waals surface area contributed by atoms with Crippen LogP contribution in [0.1, 0.15) is 23.0 Å². The molecule has 0 saturated heterocycles. The van der Waals surface area contributed by atoms with Crippen molar-refractivity contribution in [2.45, 2.75) is 12.7 Å². The van der Waals surface area contributed by atoms with Crippen LogP contribution >= 0.6 is 0 Å². The molecule has 5 aromatic rings. The lowest BCUT2D eigenvalue weighted by atomic mass is 10.0. The summed E-state index contributed by atoms with van der Waals surface area (Å²) in [6, 6.07) is 33.6. The third kappa shape index (κ3) is 4.31. The molecule has 0 amide bonds. The summed E-state index contributed by atoms with van der Waals surface area (Å²) in [7, 11) is 3.30. The third-order valence-corrected chi connectivity index (χ3v) is 5.92. The van der Waals surface area contributed by atoms with Crippen LogP contribution in [-0.4, -0.2) is 24.0 Å². The van der Waals surface area contributed by atoms with Gasteiger partial charge in [0, 0.05) is 26.0 Å². The molecule has 4 nitrogen and oxygen atoms in total. The van der Waals surface area contributed by atoms with Gasteiger partial charge in [-0.3, -0.25) is 0 Å². The molecule has 4 heteroatoms. The Hall–Kier alpha value is -3.73. The van der Waals surface area contributed by atoms with Gasteiger partial charge in [-0.05, 0) is 40.5 Å². The SMILES string of the molecule is COC(OC)c1cn(-c2ccccc2Cc2ccccc2)nc1-c1ccc2ccccc2c1.